The third-order valence-electron chi connectivity index (χ3n) is 3.89. The van der Waals surface area contributed by atoms with Crippen LogP contribution in [0.3, 0.4) is 0 Å². The van der Waals surface area contributed by atoms with Crippen molar-refractivity contribution >= 4 is 11.3 Å². The first-order valence-electron chi connectivity index (χ1n) is 7.19. The standard InChI is InChI=1S/C15H26N2OS/c1-6-16-10-11-12(14(2,3)4)17-13(19-11)15(18-5)8-7-9-15/h16H,6-10H2,1-5H3. The van der Waals surface area contributed by atoms with E-state index in [4.69, 9.17) is 9.72 Å². The topological polar surface area (TPSA) is 34.1 Å². The SMILES string of the molecule is CCNCc1sc(C2(OC)CCC2)nc1C(C)(C)C. The minimum Gasteiger partial charge on any atom is -0.371 e. The molecule has 1 aromatic rings. The molecule has 1 heterocycles. The zero-order chi connectivity index (χ0) is 14.1. The van der Waals surface area contributed by atoms with E-state index in [1.54, 1.807) is 0 Å². The van der Waals surface area contributed by atoms with Gasteiger partial charge in [0.1, 0.15) is 10.6 Å². The van der Waals surface area contributed by atoms with E-state index < -0.39 is 0 Å². The summed E-state index contributed by atoms with van der Waals surface area (Å²) in [7, 11) is 1.82. The maximum Gasteiger partial charge on any atom is 0.125 e. The summed E-state index contributed by atoms with van der Waals surface area (Å²) in [6.45, 7) is 10.8. The van der Waals surface area contributed by atoms with Crippen molar-refractivity contribution in [2.24, 2.45) is 0 Å². The average molecular weight is 282 g/mol. The van der Waals surface area contributed by atoms with Crippen LogP contribution < -0.4 is 5.32 Å². The summed E-state index contributed by atoms with van der Waals surface area (Å²) in [5, 5.41) is 4.61. The van der Waals surface area contributed by atoms with Crippen molar-refractivity contribution < 1.29 is 4.74 Å². The van der Waals surface area contributed by atoms with Gasteiger partial charge in [-0.05, 0) is 25.8 Å². The molecule has 4 heteroatoms. The van der Waals surface area contributed by atoms with Crippen LogP contribution in [0.2, 0.25) is 0 Å². The van der Waals surface area contributed by atoms with Gasteiger partial charge in [0.2, 0.25) is 0 Å². The van der Waals surface area contributed by atoms with Crippen molar-refractivity contribution in [3.05, 3.63) is 15.6 Å². The molecule has 0 saturated heterocycles. The number of rotatable bonds is 5. The zero-order valence-corrected chi connectivity index (χ0v) is 13.6. The second-order valence-electron chi connectivity index (χ2n) is 6.37. The van der Waals surface area contributed by atoms with Crippen LogP contribution in [0, 0.1) is 0 Å². The molecule has 108 valence electrons. The van der Waals surface area contributed by atoms with Crippen LogP contribution in [0.4, 0.5) is 0 Å². The molecule has 0 aliphatic heterocycles. The highest BCUT2D eigenvalue weighted by Crippen LogP contribution is 2.47. The Hall–Kier alpha value is -0.450. The quantitative estimate of drug-likeness (QED) is 0.896. The molecular formula is C15H26N2OS. The molecule has 1 N–H and O–H groups in total. The van der Waals surface area contributed by atoms with E-state index in [-0.39, 0.29) is 11.0 Å². The monoisotopic (exact) mass is 282 g/mol. The van der Waals surface area contributed by atoms with E-state index >= 15 is 0 Å². The molecule has 0 atom stereocenters. The first-order chi connectivity index (χ1) is 8.93. The third kappa shape index (κ3) is 2.86. The number of thiazole rings is 1. The lowest BCUT2D eigenvalue weighted by atomic mass is 9.80. The zero-order valence-electron chi connectivity index (χ0n) is 12.8. The van der Waals surface area contributed by atoms with Gasteiger partial charge in [-0.3, -0.25) is 0 Å². The molecule has 0 aromatic carbocycles. The van der Waals surface area contributed by atoms with Crippen molar-refractivity contribution in [1.29, 1.82) is 0 Å². The van der Waals surface area contributed by atoms with Crippen molar-refractivity contribution in [1.82, 2.24) is 10.3 Å². The van der Waals surface area contributed by atoms with Gasteiger partial charge in [0.05, 0.1) is 5.69 Å². The van der Waals surface area contributed by atoms with E-state index in [2.05, 4.69) is 33.0 Å². The molecule has 0 spiro atoms. The van der Waals surface area contributed by atoms with Crippen LogP contribution in [0.5, 0.6) is 0 Å². The maximum absolute atomic E-state index is 5.77. The molecule has 1 fully saturated rings. The van der Waals surface area contributed by atoms with Gasteiger partial charge in [0.15, 0.2) is 0 Å². The number of hydrogen-bond donors (Lipinski definition) is 1. The summed E-state index contributed by atoms with van der Waals surface area (Å²) in [6, 6.07) is 0. The molecule has 0 unspecified atom stereocenters. The van der Waals surface area contributed by atoms with Crippen molar-refractivity contribution in [3.63, 3.8) is 0 Å². The fourth-order valence-electron chi connectivity index (χ4n) is 2.49. The molecule has 1 aliphatic carbocycles. The number of hydrogen-bond acceptors (Lipinski definition) is 4. The van der Waals surface area contributed by atoms with Gasteiger partial charge in [-0.2, -0.15) is 0 Å². The predicted molar refractivity (Wildman–Crippen MR) is 80.7 cm³/mol. The van der Waals surface area contributed by atoms with Gasteiger partial charge in [-0.15, -0.1) is 11.3 Å². The summed E-state index contributed by atoms with van der Waals surface area (Å²) in [5.74, 6) is 0. The Labute approximate surface area is 120 Å². The first-order valence-corrected chi connectivity index (χ1v) is 8.01. The first kappa shape index (κ1) is 14.9. The number of nitrogens with zero attached hydrogens (tertiary/aromatic N) is 1. The Kier molecular flexibility index (Phi) is 4.33. The van der Waals surface area contributed by atoms with Crippen molar-refractivity contribution in [3.8, 4) is 0 Å². The van der Waals surface area contributed by atoms with Crippen molar-refractivity contribution in [2.45, 2.75) is 64.5 Å². The van der Waals surface area contributed by atoms with E-state index in [1.807, 2.05) is 18.4 Å². The highest BCUT2D eigenvalue weighted by molar-refractivity contribution is 7.11. The molecule has 0 radical (unpaired) electrons. The lowest BCUT2D eigenvalue weighted by Crippen LogP contribution is -2.36. The Morgan fingerprint density at radius 1 is 1.37 bits per heavy atom. The molecule has 0 amide bonds. The van der Waals surface area contributed by atoms with Crippen LogP contribution in [0.1, 0.15) is 62.5 Å². The van der Waals surface area contributed by atoms with E-state index in [1.165, 1.54) is 22.0 Å². The molecule has 1 aliphatic rings. The summed E-state index contributed by atoms with van der Waals surface area (Å²) in [5.41, 5.74) is 1.24. The van der Waals surface area contributed by atoms with Gasteiger partial charge in [-0.25, -0.2) is 4.98 Å². The molecule has 19 heavy (non-hydrogen) atoms. The molecular weight excluding hydrogens is 256 g/mol. The van der Waals surface area contributed by atoms with Crippen molar-refractivity contribution in [2.75, 3.05) is 13.7 Å². The minimum atomic E-state index is -0.0882. The fourth-order valence-corrected chi connectivity index (χ4v) is 3.96. The Bertz CT molecular complexity index is 424. The molecule has 1 saturated carbocycles. The van der Waals surface area contributed by atoms with Gasteiger partial charge >= 0.3 is 0 Å². The molecule has 1 aromatic heterocycles. The molecule has 0 bridgehead atoms. The summed E-state index contributed by atoms with van der Waals surface area (Å²) >= 11 is 1.84. The van der Waals surface area contributed by atoms with Crippen LogP contribution in [-0.2, 0) is 22.3 Å². The second-order valence-corrected chi connectivity index (χ2v) is 7.46. The Balaban J connectivity index is 2.34. The number of nitrogens with one attached hydrogen (secondary N) is 1. The number of methoxy groups -OCH3 is 1. The maximum atomic E-state index is 5.77. The Morgan fingerprint density at radius 3 is 2.47 bits per heavy atom. The average Bonchev–Trinajstić information content (AvgIpc) is 2.70. The van der Waals surface area contributed by atoms with Gasteiger partial charge in [0, 0.05) is 23.9 Å². The summed E-state index contributed by atoms with van der Waals surface area (Å²) in [6.07, 6.45) is 3.48. The van der Waals surface area contributed by atoms with E-state index in [0.717, 1.165) is 25.9 Å². The fraction of sp³-hybridized carbons (Fsp3) is 0.800. The van der Waals surface area contributed by atoms with Gasteiger partial charge in [-0.1, -0.05) is 27.7 Å². The number of ether oxygens (including phenoxy) is 1. The highest BCUT2D eigenvalue weighted by Gasteiger charge is 2.42. The van der Waals surface area contributed by atoms with Crippen LogP contribution in [0.15, 0.2) is 0 Å². The van der Waals surface area contributed by atoms with Crippen LogP contribution in [-0.4, -0.2) is 18.6 Å². The van der Waals surface area contributed by atoms with Crippen LogP contribution >= 0.6 is 11.3 Å². The number of aromatic nitrogens is 1. The largest absolute Gasteiger partial charge is 0.371 e. The third-order valence-corrected chi connectivity index (χ3v) is 5.13. The molecule has 3 nitrogen and oxygen atoms in total. The lowest BCUT2D eigenvalue weighted by molar-refractivity contribution is -0.0780. The predicted octanol–water partition coefficient (Wildman–Crippen LogP) is 3.58. The van der Waals surface area contributed by atoms with Gasteiger partial charge < -0.3 is 10.1 Å². The molecule has 2 rings (SSSR count). The lowest BCUT2D eigenvalue weighted by Gasteiger charge is -2.38. The summed E-state index contributed by atoms with van der Waals surface area (Å²) in [4.78, 5) is 6.32. The smallest absolute Gasteiger partial charge is 0.125 e. The van der Waals surface area contributed by atoms with Crippen LogP contribution in [0.25, 0.3) is 0 Å². The second kappa shape index (κ2) is 5.51. The highest BCUT2D eigenvalue weighted by atomic mass is 32.1. The Morgan fingerprint density at radius 2 is 2.05 bits per heavy atom. The van der Waals surface area contributed by atoms with Gasteiger partial charge in [0.25, 0.3) is 0 Å². The van der Waals surface area contributed by atoms with E-state index in [0.29, 0.717) is 0 Å². The normalized spacial score (nSPS) is 18.4. The summed E-state index contributed by atoms with van der Waals surface area (Å²) < 4.78 is 5.77. The van der Waals surface area contributed by atoms with E-state index in [9.17, 15) is 0 Å². The minimum absolute atomic E-state index is 0.0882.